The Morgan fingerprint density at radius 2 is 1.79 bits per heavy atom. The summed E-state index contributed by atoms with van der Waals surface area (Å²) < 4.78 is 6.28. The molecule has 0 unspecified atom stereocenters. The number of carbonyl (C=O) groups excluding carboxylic acids is 1. The van der Waals surface area contributed by atoms with Crippen LogP contribution in [-0.4, -0.2) is 17.4 Å². The number of aromatic nitrogens is 1. The molecule has 3 heteroatoms. The quantitative estimate of drug-likeness (QED) is 0.345. The Morgan fingerprint density at radius 1 is 1.00 bits per heavy atom. The Balaban J connectivity index is 2.05. The maximum Gasteiger partial charge on any atom is 0.211 e. The minimum Gasteiger partial charge on any atom is -0.493 e. The van der Waals surface area contributed by atoms with E-state index in [1.165, 1.54) is 5.56 Å². The van der Waals surface area contributed by atoms with Gasteiger partial charge in [0.15, 0.2) is 0 Å². The van der Waals surface area contributed by atoms with E-state index in [0.717, 1.165) is 29.7 Å². The summed E-state index contributed by atoms with van der Waals surface area (Å²) in [4.78, 5) is 17.1. The molecule has 150 valence electrons. The highest BCUT2D eigenvalue weighted by Crippen LogP contribution is 2.39. The summed E-state index contributed by atoms with van der Waals surface area (Å²) >= 11 is 0. The van der Waals surface area contributed by atoms with Crippen molar-refractivity contribution in [2.75, 3.05) is 6.61 Å². The monoisotopic (exact) mass is 387 g/mol. The van der Waals surface area contributed by atoms with Crippen molar-refractivity contribution >= 4 is 5.78 Å². The summed E-state index contributed by atoms with van der Waals surface area (Å²) in [6.45, 7) is 9.43. The van der Waals surface area contributed by atoms with Gasteiger partial charge in [-0.1, -0.05) is 76.6 Å². The van der Waals surface area contributed by atoms with Crippen LogP contribution in [-0.2, 0) is 5.41 Å². The van der Waals surface area contributed by atoms with Crippen molar-refractivity contribution in [3.05, 3.63) is 83.7 Å². The lowest BCUT2D eigenvalue weighted by molar-refractivity contribution is 0.103. The number of unbranched alkanes of at least 4 members (excludes halogenated alkanes) is 1. The van der Waals surface area contributed by atoms with E-state index in [1.54, 1.807) is 12.3 Å². The van der Waals surface area contributed by atoms with E-state index >= 15 is 0 Å². The first kappa shape index (κ1) is 20.8. The van der Waals surface area contributed by atoms with Crippen LogP contribution in [0.1, 0.15) is 62.2 Å². The average Bonchev–Trinajstić information content (AvgIpc) is 2.73. The van der Waals surface area contributed by atoms with E-state index in [-0.39, 0.29) is 11.2 Å². The van der Waals surface area contributed by atoms with Crippen LogP contribution >= 0.6 is 0 Å². The number of hydrogen-bond donors (Lipinski definition) is 0. The zero-order valence-corrected chi connectivity index (χ0v) is 17.7. The van der Waals surface area contributed by atoms with Gasteiger partial charge in [-0.2, -0.15) is 0 Å². The van der Waals surface area contributed by atoms with Gasteiger partial charge in [0.25, 0.3) is 0 Å². The second-order valence-electron chi connectivity index (χ2n) is 8.26. The number of nitrogens with zero attached hydrogens (tertiary/aromatic N) is 1. The fourth-order valence-electron chi connectivity index (χ4n) is 3.30. The van der Waals surface area contributed by atoms with Crippen LogP contribution in [0.25, 0.3) is 11.1 Å². The molecule has 1 aromatic heterocycles. The molecule has 0 fully saturated rings. The summed E-state index contributed by atoms with van der Waals surface area (Å²) in [5.41, 5.74) is 4.20. The highest BCUT2D eigenvalue weighted by molar-refractivity contribution is 6.08. The van der Waals surface area contributed by atoms with Crippen LogP contribution in [0.2, 0.25) is 0 Å². The minimum absolute atomic E-state index is 0.0427. The topological polar surface area (TPSA) is 39.2 Å². The molecular formula is C26H29NO2. The Kier molecular flexibility index (Phi) is 6.48. The third kappa shape index (κ3) is 4.92. The number of hydrogen-bond acceptors (Lipinski definition) is 3. The Labute approximate surface area is 173 Å². The van der Waals surface area contributed by atoms with E-state index < -0.39 is 0 Å². The first-order valence-electron chi connectivity index (χ1n) is 10.2. The van der Waals surface area contributed by atoms with Crippen molar-refractivity contribution in [3.8, 4) is 16.9 Å². The van der Waals surface area contributed by atoms with E-state index in [9.17, 15) is 4.79 Å². The van der Waals surface area contributed by atoms with Gasteiger partial charge in [0.2, 0.25) is 5.78 Å². The normalized spacial score (nSPS) is 11.3. The third-order valence-electron chi connectivity index (χ3n) is 4.90. The van der Waals surface area contributed by atoms with Crippen LogP contribution in [0.5, 0.6) is 5.75 Å². The van der Waals surface area contributed by atoms with Crippen LogP contribution in [0.4, 0.5) is 0 Å². The molecule has 0 spiro atoms. The molecular weight excluding hydrogens is 358 g/mol. The molecule has 0 amide bonds. The summed E-state index contributed by atoms with van der Waals surface area (Å²) in [6, 6.07) is 19.4. The largest absolute Gasteiger partial charge is 0.493 e. The van der Waals surface area contributed by atoms with Gasteiger partial charge >= 0.3 is 0 Å². The molecule has 0 aliphatic carbocycles. The maximum absolute atomic E-state index is 12.9. The summed E-state index contributed by atoms with van der Waals surface area (Å²) in [5.74, 6) is 0.837. The third-order valence-corrected chi connectivity index (χ3v) is 4.90. The molecule has 0 saturated carbocycles. The smallest absolute Gasteiger partial charge is 0.211 e. The fourth-order valence-corrected chi connectivity index (χ4v) is 3.30. The van der Waals surface area contributed by atoms with Gasteiger partial charge in [0.1, 0.15) is 11.4 Å². The van der Waals surface area contributed by atoms with Gasteiger partial charge in [-0.15, -0.1) is 0 Å². The van der Waals surface area contributed by atoms with Crippen LogP contribution in [0.3, 0.4) is 0 Å². The summed E-state index contributed by atoms with van der Waals surface area (Å²) in [5, 5.41) is 0. The van der Waals surface area contributed by atoms with Crippen molar-refractivity contribution < 1.29 is 9.53 Å². The van der Waals surface area contributed by atoms with Crippen molar-refractivity contribution in [1.82, 2.24) is 4.98 Å². The molecule has 0 atom stereocenters. The highest BCUT2D eigenvalue weighted by atomic mass is 16.5. The first-order chi connectivity index (χ1) is 13.9. The van der Waals surface area contributed by atoms with Crippen LogP contribution in [0.15, 0.2) is 66.9 Å². The van der Waals surface area contributed by atoms with Crippen molar-refractivity contribution in [1.29, 1.82) is 0 Å². The second-order valence-corrected chi connectivity index (χ2v) is 8.26. The number of pyridine rings is 1. The summed E-state index contributed by atoms with van der Waals surface area (Å²) in [7, 11) is 0. The van der Waals surface area contributed by atoms with Crippen molar-refractivity contribution in [3.63, 3.8) is 0 Å². The maximum atomic E-state index is 12.9. The minimum atomic E-state index is -0.0760. The van der Waals surface area contributed by atoms with E-state index in [2.05, 4.69) is 50.9 Å². The summed E-state index contributed by atoms with van der Waals surface area (Å²) in [6.07, 6.45) is 3.74. The van der Waals surface area contributed by atoms with Gasteiger partial charge in [0, 0.05) is 22.9 Å². The van der Waals surface area contributed by atoms with Gasteiger partial charge in [-0.25, -0.2) is 0 Å². The molecule has 3 aromatic rings. The van der Waals surface area contributed by atoms with Crippen molar-refractivity contribution in [2.45, 2.75) is 46.0 Å². The van der Waals surface area contributed by atoms with E-state index in [1.807, 2.05) is 36.4 Å². The Hall–Kier alpha value is -2.94. The predicted molar refractivity (Wildman–Crippen MR) is 119 cm³/mol. The van der Waals surface area contributed by atoms with Gasteiger partial charge in [-0.3, -0.25) is 9.78 Å². The number of carbonyl (C=O) groups is 1. The van der Waals surface area contributed by atoms with Gasteiger partial charge in [0.05, 0.1) is 6.61 Å². The van der Waals surface area contributed by atoms with Crippen LogP contribution < -0.4 is 4.74 Å². The Morgan fingerprint density at radius 3 is 2.48 bits per heavy atom. The molecule has 0 radical (unpaired) electrons. The molecule has 0 aliphatic rings. The number of rotatable bonds is 7. The van der Waals surface area contributed by atoms with Gasteiger partial charge < -0.3 is 4.74 Å². The molecule has 0 bridgehead atoms. The predicted octanol–water partition coefficient (Wildman–Crippen LogP) is 6.46. The zero-order chi connectivity index (χ0) is 20.9. The lowest BCUT2D eigenvalue weighted by atomic mass is 9.84. The van der Waals surface area contributed by atoms with Crippen LogP contribution in [0, 0.1) is 0 Å². The average molecular weight is 388 g/mol. The molecule has 0 saturated heterocycles. The number of para-hydroxylation sites is 1. The molecule has 3 rings (SSSR count). The zero-order valence-electron chi connectivity index (χ0n) is 17.7. The van der Waals surface area contributed by atoms with Gasteiger partial charge in [-0.05, 0) is 35.6 Å². The first-order valence-corrected chi connectivity index (χ1v) is 10.2. The molecule has 29 heavy (non-hydrogen) atoms. The Bertz CT molecular complexity index is 971. The SMILES string of the molecule is CCCCOc1c(-c2cccc(C(=O)c3ccccn3)c2)cccc1C(C)(C)C. The van der Waals surface area contributed by atoms with Crippen molar-refractivity contribution in [2.24, 2.45) is 0 Å². The fraction of sp³-hybridized carbons (Fsp3) is 0.308. The van der Waals surface area contributed by atoms with E-state index in [4.69, 9.17) is 4.74 Å². The standard InChI is InChI=1S/C26H29NO2/c1-5-6-17-29-25-21(13-10-14-22(25)26(2,3)4)19-11-9-12-20(18-19)24(28)23-15-7-8-16-27-23/h7-16,18H,5-6,17H2,1-4H3. The molecule has 0 N–H and O–H groups in total. The lowest BCUT2D eigenvalue weighted by Crippen LogP contribution is -2.14. The highest BCUT2D eigenvalue weighted by Gasteiger charge is 2.22. The molecule has 0 aliphatic heterocycles. The second kappa shape index (κ2) is 9.04. The lowest BCUT2D eigenvalue weighted by Gasteiger charge is -2.25. The molecule has 3 nitrogen and oxygen atoms in total. The van der Waals surface area contributed by atoms with E-state index in [0.29, 0.717) is 17.9 Å². The molecule has 1 heterocycles. The molecule has 2 aromatic carbocycles. The number of ether oxygens (including phenoxy) is 1. The number of benzene rings is 2. The number of ketones is 1.